The number of H-pyrrole nitrogens is 1. The number of rotatable bonds is 3. The number of benzene rings is 1. The molecule has 4 aromatic rings. The molecule has 1 aliphatic rings. The van der Waals surface area contributed by atoms with Gasteiger partial charge in [0.2, 0.25) is 5.56 Å². The number of imidazole rings is 1. The Labute approximate surface area is 159 Å². The minimum atomic E-state index is -0.163. The molecule has 0 saturated carbocycles. The van der Waals surface area contributed by atoms with Crippen LogP contribution in [0.4, 0.5) is 11.5 Å². The summed E-state index contributed by atoms with van der Waals surface area (Å²) in [4.78, 5) is 22.9. The van der Waals surface area contributed by atoms with E-state index >= 15 is 0 Å². The van der Waals surface area contributed by atoms with Crippen LogP contribution in [0.2, 0.25) is 0 Å². The van der Waals surface area contributed by atoms with Crippen LogP contribution in [0.1, 0.15) is 17.5 Å². The summed E-state index contributed by atoms with van der Waals surface area (Å²) >= 11 is 0. The zero-order valence-electron chi connectivity index (χ0n) is 14.8. The van der Waals surface area contributed by atoms with E-state index in [0.29, 0.717) is 11.3 Å². The minimum absolute atomic E-state index is 0.163. The molecule has 0 fully saturated rings. The van der Waals surface area contributed by atoms with Crippen LogP contribution in [0, 0.1) is 0 Å². The van der Waals surface area contributed by atoms with E-state index in [4.69, 9.17) is 5.21 Å². The summed E-state index contributed by atoms with van der Waals surface area (Å²) in [6.45, 7) is 0. The highest BCUT2D eigenvalue weighted by atomic mass is 16.4. The number of nitrogens with one attached hydrogen (secondary N) is 2. The molecule has 0 saturated heterocycles. The highest BCUT2D eigenvalue weighted by Crippen LogP contribution is 2.32. The summed E-state index contributed by atoms with van der Waals surface area (Å²) in [5.74, 6) is 0.776. The van der Waals surface area contributed by atoms with Gasteiger partial charge in [-0.25, -0.2) is 4.98 Å². The minimum Gasteiger partial charge on any atom is -0.411 e. The van der Waals surface area contributed by atoms with Gasteiger partial charge in [-0.1, -0.05) is 11.2 Å². The third-order valence-electron chi connectivity index (χ3n) is 4.92. The fourth-order valence-electron chi connectivity index (χ4n) is 3.57. The zero-order chi connectivity index (χ0) is 19.1. The number of pyridine rings is 1. The SMILES string of the molecule is O=c1ccc(-c2nc3cnccn3c2Nc2ccc3c(c2)CC/C3=N\O)c[nH]1. The number of oxime groups is 1. The topological polar surface area (TPSA) is 108 Å². The molecule has 0 radical (unpaired) electrons. The maximum Gasteiger partial charge on any atom is 0.247 e. The lowest BCUT2D eigenvalue weighted by atomic mass is 10.1. The first kappa shape index (κ1) is 16.2. The van der Waals surface area contributed by atoms with Gasteiger partial charge in [0, 0.05) is 41.5 Å². The largest absolute Gasteiger partial charge is 0.411 e. The standard InChI is InChI=1S/C20H16N6O2/c27-18-6-2-13(10-22-18)19-20(26-8-7-21-11-17(26)24-19)23-14-3-4-15-12(9-14)1-5-16(15)25-28/h2-4,6-11,23,28H,1,5H2,(H,22,27)/b25-16+. The first-order valence-corrected chi connectivity index (χ1v) is 8.85. The van der Waals surface area contributed by atoms with Gasteiger partial charge in [-0.05, 0) is 36.6 Å². The molecule has 28 heavy (non-hydrogen) atoms. The predicted octanol–water partition coefficient (Wildman–Crippen LogP) is 2.95. The lowest BCUT2D eigenvalue weighted by Crippen LogP contribution is -2.02. The van der Waals surface area contributed by atoms with E-state index in [1.54, 1.807) is 24.7 Å². The van der Waals surface area contributed by atoms with Gasteiger partial charge in [0.05, 0.1) is 11.9 Å². The van der Waals surface area contributed by atoms with E-state index in [1.807, 2.05) is 22.7 Å². The summed E-state index contributed by atoms with van der Waals surface area (Å²) in [5.41, 5.74) is 5.78. The fraction of sp³-hybridized carbons (Fsp3) is 0.100. The summed E-state index contributed by atoms with van der Waals surface area (Å²) in [5, 5.41) is 16.0. The smallest absolute Gasteiger partial charge is 0.247 e. The van der Waals surface area contributed by atoms with Crippen molar-refractivity contribution in [3.8, 4) is 11.3 Å². The average molecular weight is 372 g/mol. The van der Waals surface area contributed by atoms with Crippen molar-refractivity contribution in [3.63, 3.8) is 0 Å². The Bertz CT molecular complexity index is 1270. The van der Waals surface area contributed by atoms with Gasteiger partial charge in [-0.3, -0.25) is 14.2 Å². The number of hydrogen-bond acceptors (Lipinski definition) is 6. The predicted molar refractivity (Wildman–Crippen MR) is 105 cm³/mol. The Morgan fingerprint density at radius 1 is 1.21 bits per heavy atom. The van der Waals surface area contributed by atoms with Crippen molar-refractivity contribution in [2.45, 2.75) is 12.8 Å². The Kier molecular flexibility index (Phi) is 3.68. The number of aromatic nitrogens is 4. The Morgan fingerprint density at radius 3 is 2.96 bits per heavy atom. The summed E-state index contributed by atoms with van der Waals surface area (Å²) in [6.07, 6.45) is 8.45. The zero-order valence-corrected chi connectivity index (χ0v) is 14.8. The number of aromatic amines is 1. The van der Waals surface area contributed by atoms with Crippen molar-refractivity contribution in [1.29, 1.82) is 0 Å². The van der Waals surface area contributed by atoms with Crippen molar-refractivity contribution >= 4 is 22.9 Å². The van der Waals surface area contributed by atoms with Crippen LogP contribution < -0.4 is 10.9 Å². The van der Waals surface area contributed by atoms with Crippen molar-refractivity contribution in [2.75, 3.05) is 5.32 Å². The molecule has 0 aliphatic heterocycles. The normalized spacial score (nSPS) is 14.5. The molecular formula is C20H16N6O2. The lowest BCUT2D eigenvalue weighted by molar-refractivity contribution is 0.318. The second kappa shape index (κ2) is 6.34. The Hall–Kier alpha value is -3.94. The van der Waals surface area contributed by atoms with E-state index in [2.05, 4.69) is 31.5 Å². The van der Waals surface area contributed by atoms with Crippen LogP contribution >= 0.6 is 0 Å². The molecule has 0 spiro atoms. The fourth-order valence-corrected chi connectivity index (χ4v) is 3.57. The van der Waals surface area contributed by atoms with Crippen LogP contribution in [0.3, 0.4) is 0 Å². The summed E-state index contributed by atoms with van der Waals surface area (Å²) in [7, 11) is 0. The molecule has 0 bridgehead atoms. The van der Waals surface area contributed by atoms with E-state index < -0.39 is 0 Å². The summed E-state index contributed by atoms with van der Waals surface area (Å²) in [6, 6.07) is 9.19. The molecule has 3 aromatic heterocycles. The van der Waals surface area contributed by atoms with Gasteiger partial charge in [0.25, 0.3) is 0 Å². The van der Waals surface area contributed by atoms with Crippen molar-refractivity contribution in [1.82, 2.24) is 19.4 Å². The van der Waals surface area contributed by atoms with Crippen LogP contribution in [0.15, 0.2) is 65.1 Å². The van der Waals surface area contributed by atoms with Crippen molar-refractivity contribution < 1.29 is 5.21 Å². The number of aryl methyl sites for hydroxylation is 1. The molecule has 0 unspecified atom stereocenters. The highest BCUT2D eigenvalue weighted by Gasteiger charge is 2.20. The number of fused-ring (bicyclic) bond motifs is 2. The van der Waals surface area contributed by atoms with Crippen LogP contribution in [-0.2, 0) is 6.42 Å². The van der Waals surface area contributed by atoms with E-state index in [9.17, 15) is 4.79 Å². The molecule has 138 valence electrons. The molecule has 1 aromatic carbocycles. The van der Waals surface area contributed by atoms with Crippen molar-refractivity contribution in [3.05, 3.63) is 76.6 Å². The first-order chi connectivity index (χ1) is 13.7. The molecule has 8 nitrogen and oxygen atoms in total. The van der Waals surface area contributed by atoms with Crippen molar-refractivity contribution in [2.24, 2.45) is 5.16 Å². The van der Waals surface area contributed by atoms with Crippen LogP contribution in [0.5, 0.6) is 0 Å². The van der Waals surface area contributed by atoms with Crippen LogP contribution in [0.25, 0.3) is 16.9 Å². The number of hydrogen-bond donors (Lipinski definition) is 3. The Balaban J connectivity index is 1.62. The molecule has 0 atom stereocenters. The second-order valence-electron chi connectivity index (χ2n) is 6.60. The monoisotopic (exact) mass is 372 g/mol. The second-order valence-corrected chi connectivity index (χ2v) is 6.60. The average Bonchev–Trinajstić information content (AvgIpc) is 3.30. The van der Waals surface area contributed by atoms with Crippen LogP contribution in [-0.4, -0.2) is 30.3 Å². The molecule has 8 heteroatoms. The van der Waals surface area contributed by atoms with Gasteiger partial charge in [-0.2, -0.15) is 0 Å². The van der Waals surface area contributed by atoms with E-state index in [0.717, 1.165) is 46.7 Å². The highest BCUT2D eigenvalue weighted by molar-refractivity contribution is 6.04. The molecule has 0 amide bonds. The lowest BCUT2D eigenvalue weighted by Gasteiger charge is -2.10. The summed E-state index contributed by atoms with van der Waals surface area (Å²) < 4.78 is 1.92. The van der Waals surface area contributed by atoms with Gasteiger partial charge in [-0.15, -0.1) is 0 Å². The van der Waals surface area contributed by atoms with E-state index in [-0.39, 0.29) is 5.56 Å². The van der Waals surface area contributed by atoms with Gasteiger partial charge >= 0.3 is 0 Å². The first-order valence-electron chi connectivity index (χ1n) is 8.85. The quantitative estimate of drug-likeness (QED) is 0.379. The molecule has 3 N–H and O–H groups in total. The molecule has 1 aliphatic carbocycles. The third-order valence-corrected chi connectivity index (χ3v) is 4.92. The molecule has 5 rings (SSSR count). The third kappa shape index (κ3) is 2.62. The molecule has 3 heterocycles. The maximum atomic E-state index is 11.4. The van der Waals surface area contributed by atoms with Gasteiger partial charge in [0.15, 0.2) is 5.65 Å². The van der Waals surface area contributed by atoms with Gasteiger partial charge in [0.1, 0.15) is 11.5 Å². The maximum absolute atomic E-state index is 11.4. The molecular weight excluding hydrogens is 356 g/mol. The number of nitrogens with zero attached hydrogens (tertiary/aromatic N) is 4. The number of anilines is 2. The van der Waals surface area contributed by atoms with E-state index in [1.165, 1.54) is 6.07 Å². The Morgan fingerprint density at radius 2 is 2.14 bits per heavy atom. The van der Waals surface area contributed by atoms with Gasteiger partial charge < -0.3 is 15.5 Å².